The molecule has 11 heavy (non-hydrogen) atoms. The summed E-state index contributed by atoms with van der Waals surface area (Å²) in [5, 5.41) is 0.597. The van der Waals surface area contributed by atoms with Crippen LogP contribution in [0.15, 0.2) is 18.2 Å². The Bertz CT molecular complexity index is 275. The zero-order chi connectivity index (χ0) is 8.10. The van der Waals surface area contributed by atoms with Crippen LogP contribution in [0.25, 0.3) is 0 Å². The Balaban J connectivity index is 2.65. The van der Waals surface area contributed by atoms with Crippen LogP contribution in [0.1, 0.15) is 0 Å². The summed E-state index contributed by atoms with van der Waals surface area (Å²) in [7, 11) is 0. The minimum Gasteiger partial charge on any atom is -0.481 e. The summed E-state index contributed by atoms with van der Waals surface area (Å²) in [6.45, 7) is 0.258. The predicted octanol–water partition coefficient (Wildman–Crippen LogP) is 2.15. The van der Waals surface area contributed by atoms with Gasteiger partial charge in [-0.15, -0.1) is 6.42 Å². The Hall–Kier alpha value is -1.13. The fraction of sp³-hybridized carbons (Fsp3) is 0.111. The average Bonchev–Trinajstić information content (AvgIpc) is 2.01. The largest absolute Gasteiger partial charge is 0.481 e. The molecule has 1 radical (unpaired) electrons. The number of hydrogen-bond donors (Lipinski definition) is 0. The number of halogens is 1. The maximum Gasteiger partial charge on any atom is 0.148 e. The second-order valence-corrected chi connectivity index (χ2v) is 2.32. The third-order valence-electron chi connectivity index (χ3n) is 1.05. The third-order valence-corrected chi connectivity index (χ3v) is 1.27. The molecule has 1 rings (SSSR count). The van der Waals surface area contributed by atoms with Crippen molar-refractivity contribution in [2.24, 2.45) is 0 Å². The van der Waals surface area contributed by atoms with E-state index in [0.29, 0.717) is 10.8 Å². The summed E-state index contributed by atoms with van der Waals surface area (Å²) in [5.74, 6) is 3.01. The molecule has 0 heterocycles. The molecule has 0 spiro atoms. The van der Waals surface area contributed by atoms with E-state index < -0.39 is 0 Å². The molecule has 0 aliphatic rings. The lowest BCUT2D eigenvalue weighted by atomic mass is 10.3. The smallest absolute Gasteiger partial charge is 0.148 e. The lowest BCUT2D eigenvalue weighted by molar-refractivity contribution is 0.370. The van der Waals surface area contributed by atoms with Gasteiger partial charge in [-0.3, -0.25) is 0 Å². The van der Waals surface area contributed by atoms with Gasteiger partial charge >= 0.3 is 0 Å². The fourth-order valence-corrected chi connectivity index (χ4v) is 0.802. The summed E-state index contributed by atoms with van der Waals surface area (Å²) in [4.78, 5) is 0. The topological polar surface area (TPSA) is 9.23 Å². The highest BCUT2D eigenvalue weighted by molar-refractivity contribution is 6.30. The van der Waals surface area contributed by atoms with E-state index in [1.54, 1.807) is 18.2 Å². The molecule has 1 nitrogen and oxygen atoms in total. The van der Waals surface area contributed by atoms with E-state index in [-0.39, 0.29) is 6.61 Å². The highest BCUT2D eigenvalue weighted by Gasteiger charge is 1.91. The van der Waals surface area contributed by atoms with Crippen LogP contribution in [0.5, 0.6) is 5.75 Å². The van der Waals surface area contributed by atoms with E-state index in [4.69, 9.17) is 22.8 Å². The van der Waals surface area contributed by atoms with Crippen LogP contribution in [0.4, 0.5) is 0 Å². The van der Waals surface area contributed by atoms with Crippen LogP contribution in [-0.4, -0.2) is 6.61 Å². The first-order valence-electron chi connectivity index (χ1n) is 3.06. The normalized spacial score (nSPS) is 8.73. The number of terminal acetylenes is 1. The van der Waals surface area contributed by atoms with Gasteiger partial charge < -0.3 is 4.74 Å². The average molecular weight is 166 g/mol. The maximum atomic E-state index is 5.66. The van der Waals surface area contributed by atoms with E-state index in [0.717, 1.165) is 0 Å². The predicted molar refractivity (Wildman–Crippen MR) is 44.6 cm³/mol. The van der Waals surface area contributed by atoms with Crippen LogP contribution in [0, 0.1) is 18.4 Å². The summed E-state index contributed by atoms with van der Waals surface area (Å²) in [5.41, 5.74) is 0. The van der Waals surface area contributed by atoms with Crippen molar-refractivity contribution in [2.75, 3.05) is 6.61 Å². The van der Waals surface area contributed by atoms with Crippen molar-refractivity contribution in [1.82, 2.24) is 0 Å². The molecule has 0 atom stereocenters. The van der Waals surface area contributed by atoms with Gasteiger partial charge in [-0.1, -0.05) is 17.5 Å². The Labute approximate surface area is 70.9 Å². The fourth-order valence-electron chi connectivity index (χ4n) is 0.631. The molecule has 1 aromatic rings. The monoisotopic (exact) mass is 165 g/mol. The van der Waals surface area contributed by atoms with Crippen molar-refractivity contribution in [1.29, 1.82) is 0 Å². The Morgan fingerprint density at radius 2 is 2.45 bits per heavy atom. The minimum atomic E-state index is 0.258. The Morgan fingerprint density at radius 3 is 3.09 bits per heavy atom. The quantitative estimate of drug-likeness (QED) is 0.611. The van der Waals surface area contributed by atoms with E-state index in [1.165, 1.54) is 0 Å². The summed E-state index contributed by atoms with van der Waals surface area (Å²) in [6.07, 6.45) is 5.00. The van der Waals surface area contributed by atoms with Gasteiger partial charge in [-0.25, -0.2) is 0 Å². The first kappa shape index (κ1) is 7.97. The van der Waals surface area contributed by atoms with Crippen LogP contribution in [-0.2, 0) is 0 Å². The lowest BCUT2D eigenvalue weighted by Gasteiger charge is -2.00. The molecule has 0 saturated carbocycles. The summed E-state index contributed by atoms with van der Waals surface area (Å²) < 4.78 is 5.08. The molecule has 0 fully saturated rings. The van der Waals surface area contributed by atoms with Gasteiger partial charge in [0.05, 0.1) is 0 Å². The zero-order valence-electron chi connectivity index (χ0n) is 5.80. The molecule has 0 saturated heterocycles. The Kier molecular flexibility index (Phi) is 2.83. The van der Waals surface area contributed by atoms with Crippen molar-refractivity contribution in [3.63, 3.8) is 0 Å². The molecule has 0 aromatic heterocycles. The van der Waals surface area contributed by atoms with Gasteiger partial charge in [-0.2, -0.15) is 0 Å². The van der Waals surface area contributed by atoms with Gasteiger partial charge in [0.1, 0.15) is 12.4 Å². The van der Waals surface area contributed by atoms with Crippen molar-refractivity contribution in [3.8, 4) is 18.1 Å². The van der Waals surface area contributed by atoms with E-state index in [1.807, 2.05) is 0 Å². The molecular formula is C9H6ClO. The number of rotatable bonds is 2. The minimum absolute atomic E-state index is 0.258. The molecule has 0 aliphatic heterocycles. The van der Waals surface area contributed by atoms with Crippen molar-refractivity contribution in [2.45, 2.75) is 0 Å². The van der Waals surface area contributed by atoms with Crippen LogP contribution < -0.4 is 4.74 Å². The van der Waals surface area contributed by atoms with Gasteiger partial charge in [0.25, 0.3) is 0 Å². The molecular weight excluding hydrogens is 160 g/mol. The molecule has 0 aliphatic carbocycles. The van der Waals surface area contributed by atoms with Crippen molar-refractivity contribution < 1.29 is 4.74 Å². The number of benzene rings is 1. The van der Waals surface area contributed by atoms with Crippen LogP contribution in [0.3, 0.4) is 0 Å². The van der Waals surface area contributed by atoms with E-state index in [9.17, 15) is 0 Å². The Morgan fingerprint density at radius 1 is 1.64 bits per heavy atom. The molecule has 0 N–H and O–H groups in total. The van der Waals surface area contributed by atoms with Gasteiger partial charge in [0, 0.05) is 5.02 Å². The second-order valence-electron chi connectivity index (χ2n) is 1.88. The second kappa shape index (κ2) is 3.90. The maximum absolute atomic E-state index is 5.66. The van der Waals surface area contributed by atoms with E-state index >= 15 is 0 Å². The van der Waals surface area contributed by atoms with Crippen LogP contribution in [0.2, 0.25) is 5.02 Å². The standard InChI is InChI=1S/C9H6ClO/c1-2-6-11-9-5-3-4-8(10)7-9/h1,4-5,7H,6H2. The number of ether oxygens (including phenoxy) is 1. The van der Waals surface area contributed by atoms with Gasteiger partial charge in [-0.05, 0) is 24.3 Å². The SMILES string of the molecule is C#CCOc1c[c]cc(Cl)c1. The van der Waals surface area contributed by atoms with Gasteiger partial charge in [0.15, 0.2) is 0 Å². The van der Waals surface area contributed by atoms with E-state index in [2.05, 4.69) is 12.0 Å². The molecule has 0 amide bonds. The first-order chi connectivity index (χ1) is 5.33. The summed E-state index contributed by atoms with van der Waals surface area (Å²) >= 11 is 5.66. The van der Waals surface area contributed by atoms with Crippen molar-refractivity contribution in [3.05, 3.63) is 29.3 Å². The first-order valence-corrected chi connectivity index (χ1v) is 3.43. The molecule has 0 bridgehead atoms. The van der Waals surface area contributed by atoms with Gasteiger partial charge in [0.2, 0.25) is 0 Å². The van der Waals surface area contributed by atoms with Crippen LogP contribution >= 0.6 is 11.6 Å². The number of hydrogen-bond acceptors (Lipinski definition) is 1. The van der Waals surface area contributed by atoms with Crippen molar-refractivity contribution >= 4 is 11.6 Å². The molecule has 0 unspecified atom stereocenters. The zero-order valence-corrected chi connectivity index (χ0v) is 6.56. The summed E-state index contributed by atoms with van der Waals surface area (Å²) in [6, 6.07) is 7.84. The third kappa shape index (κ3) is 2.53. The highest BCUT2D eigenvalue weighted by Crippen LogP contribution is 2.16. The molecule has 1 aromatic carbocycles. The lowest BCUT2D eigenvalue weighted by Crippen LogP contribution is -1.92. The highest BCUT2D eigenvalue weighted by atomic mass is 35.5. The molecule has 55 valence electrons. The molecule has 2 heteroatoms.